The second-order valence-electron chi connectivity index (χ2n) is 6.26. The molecule has 0 radical (unpaired) electrons. The first-order chi connectivity index (χ1) is 11.6. The number of carbonyl (C=O) groups is 1. The standard InChI is InChI=1S/C19H23N3O2/c1-14-10-11-15(18(23)20-14)19(24)21-16-8-4-5-9-17(16)22-12-6-2-3-7-13-22/h4-5,8-11H,2-3,6-7,12-13H2,1H3,(H,20,23)(H,21,24). The van der Waals surface area contributed by atoms with Gasteiger partial charge in [-0.25, -0.2) is 0 Å². The highest BCUT2D eigenvalue weighted by atomic mass is 16.2. The monoisotopic (exact) mass is 325 g/mol. The second kappa shape index (κ2) is 7.34. The zero-order valence-electron chi connectivity index (χ0n) is 14.0. The highest BCUT2D eigenvalue weighted by molar-refractivity contribution is 6.05. The summed E-state index contributed by atoms with van der Waals surface area (Å²) in [5.41, 5.74) is 2.29. The Bertz CT molecular complexity index is 774. The molecule has 1 aromatic carbocycles. The predicted octanol–water partition coefficient (Wildman–Crippen LogP) is 3.32. The fourth-order valence-corrected chi connectivity index (χ4v) is 3.11. The third kappa shape index (κ3) is 3.67. The molecule has 2 aromatic rings. The van der Waals surface area contributed by atoms with Gasteiger partial charge >= 0.3 is 0 Å². The molecule has 1 aliphatic rings. The van der Waals surface area contributed by atoms with Gasteiger partial charge < -0.3 is 15.2 Å². The molecule has 3 rings (SSSR count). The summed E-state index contributed by atoms with van der Waals surface area (Å²) in [6.45, 7) is 3.79. The number of H-pyrrole nitrogens is 1. The maximum atomic E-state index is 12.5. The van der Waals surface area contributed by atoms with Crippen LogP contribution in [0.15, 0.2) is 41.2 Å². The Morgan fingerprint density at radius 3 is 2.46 bits per heavy atom. The van der Waals surface area contributed by atoms with Gasteiger partial charge in [-0.1, -0.05) is 25.0 Å². The molecule has 5 heteroatoms. The zero-order chi connectivity index (χ0) is 16.9. The molecule has 0 bridgehead atoms. The molecule has 2 N–H and O–H groups in total. The minimum atomic E-state index is -0.376. The van der Waals surface area contributed by atoms with Gasteiger partial charge in [0.25, 0.3) is 11.5 Å². The van der Waals surface area contributed by atoms with Gasteiger partial charge in [-0.15, -0.1) is 0 Å². The maximum absolute atomic E-state index is 12.5. The normalized spacial score (nSPS) is 15.0. The molecular weight excluding hydrogens is 302 g/mol. The topological polar surface area (TPSA) is 65.2 Å². The van der Waals surface area contributed by atoms with E-state index in [0.29, 0.717) is 0 Å². The third-order valence-electron chi connectivity index (χ3n) is 4.40. The Morgan fingerprint density at radius 1 is 1.04 bits per heavy atom. The van der Waals surface area contributed by atoms with Crippen molar-refractivity contribution in [3.8, 4) is 0 Å². The summed E-state index contributed by atoms with van der Waals surface area (Å²) in [5.74, 6) is -0.376. The van der Waals surface area contributed by atoms with Crippen molar-refractivity contribution in [2.24, 2.45) is 0 Å². The molecule has 2 heterocycles. The van der Waals surface area contributed by atoms with Gasteiger partial charge in [-0.2, -0.15) is 0 Å². The molecule has 1 saturated heterocycles. The first kappa shape index (κ1) is 16.3. The summed E-state index contributed by atoms with van der Waals surface area (Å²) in [7, 11) is 0. The van der Waals surface area contributed by atoms with Crippen LogP contribution in [0.2, 0.25) is 0 Å². The first-order valence-electron chi connectivity index (χ1n) is 8.50. The number of pyridine rings is 1. The Hall–Kier alpha value is -2.56. The predicted molar refractivity (Wildman–Crippen MR) is 96.9 cm³/mol. The van der Waals surface area contributed by atoms with Crippen molar-refractivity contribution in [2.75, 3.05) is 23.3 Å². The third-order valence-corrected chi connectivity index (χ3v) is 4.40. The number of aryl methyl sites for hydroxylation is 1. The largest absolute Gasteiger partial charge is 0.370 e. The summed E-state index contributed by atoms with van der Waals surface area (Å²) < 4.78 is 0. The summed E-state index contributed by atoms with van der Waals surface area (Å²) in [6, 6.07) is 11.1. The second-order valence-corrected chi connectivity index (χ2v) is 6.26. The molecule has 0 saturated carbocycles. The van der Waals surface area contributed by atoms with Crippen molar-refractivity contribution < 1.29 is 4.79 Å². The molecule has 5 nitrogen and oxygen atoms in total. The van der Waals surface area contributed by atoms with Crippen LogP contribution in [0.5, 0.6) is 0 Å². The fourth-order valence-electron chi connectivity index (χ4n) is 3.11. The number of nitrogens with one attached hydrogen (secondary N) is 2. The average Bonchev–Trinajstić information content (AvgIpc) is 2.84. The number of nitrogens with zero attached hydrogens (tertiary/aromatic N) is 1. The van der Waals surface area contributed by atoms with E-state index in [0.717, 1.165) is 30.2 Å². The summed E-state index contributed by atoms with van der Waals surface area (Å²) >= 11 is 0. The highest BCUT2D eigenvalue weighted by Gasteiger charge is 2.16. The van der Waals surface area contributed by atoms with Gasteiger partial charge in [-0.3, -0.25) is 9.59 Å². The fraction of sp³-hybridized carbons (Fsp3) is 0.368. The van der Waals surface area contributed by atoms with Crippen molar-refractivity contribution in [3.05, 3.63) is 58.0 Å². The Balaban J connectivity index is 1.84. The van der Waals surface area contributed by atoms with E-state index in [-0.39, 0.29) is 17.0 Å². The lowest BCUT2D eigenvalue weighted by atomic mass is 10.2. The van der Waals surface area contributed by atoms with Crippen molar-refractivity contribution in [1.82, 2.24) is 4.98 Å². The van der Waals surface area contributed by atoms with Gasteiger partial charge in [0.1, 0.15) is 5.56 Å². The molecule has 0 atom stereocenters. The minimum absolute atomic E-state index is 0.131. The van der Waals surface area contributed by atoms with E-state index in [4.69, 9.17) is 0 Å². The van der Waals surface area contributed by atoms with Crippen LogP contribution in [0.25, 0.3) is 0 Å². The van der Waals surface area contributed by atoms with Gasteiger partial charge in [-0.05, 0) is 44.0 Å². The molecule has 0 spiro atoms. The van der Waals surface area contributed by atoms with Crippen molar-refractivity contribution in [3.63, 3.8) is 0 Å². The number of aromatic amines is 1. The van der Waals surface area contributed by atoms with Crippen LogP contribution < -0.4 is 15.8 Å². The highest BCUT2D eigenvalue weighted by Crippen LogP contribution is 2.28. The average molecular weight is 325 g/mol. The SMILES string of the molecule is Cc1ccc(C(=O)Nc2ccccc2N2CCCCCC2)c(=O)[nH]1. The van der Waals surface area contributed by atoms with E-state index in [1.807, 2.05) is 24.3 Å². The number of benzene rings is 1. The van der Waals surface area contributed by atoms with Crippen molar-refractivity contribution >= 4 is 17.3 Å². The molecule has 0 unspecified atom stereocenters. The van der Waals surface area contributed by atoms with E-state index in [1.54, 1.807) is 19.1 Å². The molecule has 1 aromatic heterocycles. The summed E-state index contributed by atoms with van der Waals surface area (Å²) in [4.78, 5) is 29.5. The molecule has 1 amide bonds. The van der Waals surface area contributed by atoms with Crippen LogP contribution in [0.1, 0.15) is 41.7 Å². The molecule has 1 aliphatic heterocycles. The van der Waals surface area contributed by atoms with Crippen LogP contribution in [0, 0.1) is 6.92 Å². The lowest BCUT2D eigenvalue weighted by Crippen LogP contribution is -2.27. The zero-order valence-corrected chi connectivity index (χ0v) is 14.0. The number of hydrogen-bond donors (Lipinski definition) is 2. The summed E-state index contributed by atoms with van der Waals surface area (Å²) in [5, 5.41) is 2.90. The quantitative estimate of drug-likeness (QED) is 0.910. The van der Waals surface area contributed by atoms with E-state index in [1.165, 1.54) is 25.7 Å². The van der Waals surface area contributed by atoms with Crippen LogP contribution in [-0.4, -0.2) is 24.0 Å². The minimum Gasteiger partial charge on any atom is -0.370 e. The molecule has 0 aliphatic carbocycles. The van der Waals surface area contributed by atoms with Crippen LogP contribution >= 0.6 is 0 Å². The Morgan fingerprint density at radius 2 is 1.75 bits per heavy atom. The first-order valence-corrected chi connectivity index (χ1v) is 8.50. The van der Waals surface area contributed by atoms with E-state index in [2.05, 4.69) is 15.2 Å². The number of para-hydroxylation sites is 2. The smallest absolute Gasteiger partial charge is 0.261 e. The number of hydrogen-bond acceptors (Lipinski definition) is 3. The van der Waals surface area contributed by atoms with Crippen LogP contribution in [0.4, 0.5) is 11.4 Å². The summed E-state index contributed by atoms with van der Waals surface area (Å²) in [6.07, 6.45) is 4.84. The molecular formula is C19H23N3O2. The van der Waals surface area contributed by atoms with Crippen molar-refractivity contribution in [1.29, 1.82) is 0 Å². The van der Waals surface area contributed by atoms with Crippen LogP contribution in [0.3, 0.4) is 0 Å². The molecule has 126 valence electrons. The van der Waals surface area contributed by atoms with Gasteiger partial charge in [0.15, 0.2) is 0 Å². The van der Waals surface area contributed by atoms with Gasteiger partial charge in [0, 0.05) is 18.8 Å². The Labute approximate surface area is 141 Å². The van der Waals surface area contributed by atoms with E-state index in [9.17, 15) is 9.59 Å². The van der Waals surface area contributed by atoms with Crippen molar-refractivity contribution in [2.45, 2.75) is 32.6 Å². The molecule has 24 heavy (non-hydrogen) atoms. The van der Waals surface area contributed by atoms with E-state index < -0.39 is 0 Å². The lowest BCUT2D eigenvalue weighted by Gasteiger charge is -2.25. The van der Waals surface area contributed by atoms with Gasteiger partial charge in [0.05, 0.1) is 11.4 Å². The Kier molecular flexibility index (Phi) is 4.99. The number of amides is 1. The van der Waals surface area contributed by atoms with E-state index >= 15 is 0 Å². The number of rotatable bonds is 3. The lowest BCUT2D eigenvalue weighted by molar-refractivity contribution is 0.102. The van der Waals surface area contributed by atoms with Crippen LogP contribution in [-0.2, 0) is 0 Å². The number of carbonyl (C=O) groups excluding carboxylic acids is 1. The maximum Gasteiger partial charge on any atom is 0.261 e. The molecule has 1 fully saturated rings. The number of aromatic nitrogens is 1. The van der Waals surface area contributed by atoms with Gasteiger partial charge in [0.2, 0.25) is 0 Å². The number of anilines is 2.